The second kappa shape index (κ2) is 5.03. The van der Waals surface area contributed by atoms with Crippen molar-refractivity contribution in [2.24, 2.45) is 0 Å². The van der Waals surface area contributed by atoms with Gasteiger partial charge in [-0.3, -0.25) is 0 Å². The second-order valence-corrected chi connectivity index (χ2v) is 5.44. The Balaban J connectivity index is 1.77. The van der Waals surface area contributed by atoms with Crippen LogP contribution in [0.1, 0.15) is 20.8 Å². The average molecular weight is 268 g/mol. The summed E-state index contributed by atoms with van der Waals surface area (Å²) in [7, 11) is 0. The lowest BCUT2D eigenvalue weighted by atomic mass is 10.2. The van der Waals surface area contributed by atoms with Crippen molar-refractivity contribution < 1.29 is 18.7 Å². The quantitative estimate of drug-likeness (QED) is 0.825. The fraction of sp³-hybridized carbons (Fsp3) is 0.538. The van der Waals surface area contributed by atoms with Gasteiger partial charge in [-0.25, -0.2) is 14.2 Å². The van der Waals surface area contributed by atoms with Crippen molar-refractivity contribution in [3.05, 3.63) is 24.1 Å². The topological polar surface area (TPSA) is 51.7 Å². The molecule has 0 saturated carbocycles. The van der Waals surface area contributed by atoms with Crippen molar-refractivity contribution in [1.82, 2.24) is 9.88 Å². The largest absolute Gasteiger partial charge is 0.471 e. The van der Waals surface area contributed by atoms with Crippen LogP contribution in [0.5, 0.6) is 5.88 Å². The second-order valence-electron chi connectivity index (χ2n) is 5.44. The number of rotatable bonds is 2. The fourth-order valence-electron chi connectivity index (χ4n) is 1.59. The predicted molar refractivity (Wildman–Crippen MR) is 66.4 cm³/mol. The van der Waals surface area contributed by atoms with Crippen LogP contribution in [0.15, 0.2) is 18.3 Å². The van der Waals surface area contributed by atoms with Gasteiger partial charge in [0.05, 0.1) is 19.3 Å². The van der Waals surface area contributed by atoms with E-state index < -0.39 is 11.4 Å². The molecular formula is C13H17FN2O3. The molecule has 19 heavy (non-hydrogen) atoms. The first-order valence-corrected chi connectivity index (χ1v) is 6.09. The molecule has 0 bridgehead atoms. The minimum atomic E-state index is -0.498. The lowest BCUT2D eigenvalue weighted by Gasteiger charge is -2.39. The lowest BCUT2D eigenvalue weighted by Crippen LogP contribution is -2.57. The molecule has 0 aliphatic carbocycles. The van der Waals surface area contributed by atoms with Crippen LogP contribution < -0.4 is 4.74 Å². The SMILES string of the molecule is CC(C)(C)OC(=O)N1CC(Oc2ccc(F)cn2)C1. The molecule has 1 amide bonds. The number of likely N-dealkylation sites (tertiary alicyclic amines) is 1. The van der Waals surface area contributed by atoms with E-state index in [0.29, 0.717) is 19.0 Å². The van der Waals surface area contributed by atoms with E-state index in [1.807, 2.05) is 20.8 Å². The molecular weight excluding hydrogens is 251 g/mol. The zero-order chi connectivity index (χ0) is 14.0. The van der Waals surface area contributed by atoms with Crippen LogP contribution >= 0.6 is 0 Å². The molecule has 1 aliphatic rings. The van der Waals surface area contributed by atoms with Gasteiger partial charge in [-0.15, -0.1) is 0 Å². The van der Waals surface area contributed by atoms with E-state index >= 15 is 0 Å². The summed E-state index contributed by atoms with van der Waals surface area (Å²) in [4.78, 5) is 17.0. The molecule has 0 spiro atoms. The van der Waals surface area contributed by atoms with E-state index in [-0.39, 0.29) is 12.2 Å². The standard InChI is InChI=1S/C13H17FN2O3/c1-13(2,3)19-12(17)16-7-10(8-16)18-11-5-4-9(14)6-15-11/h4-6,10H,7-8H2,1-3H3. The molecule has 1 fully saturated rings. The molecule has 1 aromatic heterocycles. The Bertz CT molecular complexity index is 450. The highest BCUT2D eigenvalue weighted by atomic mass is 19.1. The van der Waals surface area contributed by atoms with Gasteiger partial charge in [-0.2, -0.15) is 0 Å². The van der Waals surface area contributed by atoms with E-state index in [0.717, 1.165) is 6.20 Å². The molecule has 0 atom stereocenters. The molecule has 1 saturated heterocycles. The molecule has 104 valence electrons. The van der Waals surface area contributed by atoms with Gasteiger partial charge in [-0.1, -0.05) is 0 Å². The monoisotopic (exact) mass is 268 g/mol. The number of halogens is 1. The van der Waals surface area contributed by atoms with E-state index in [1.165, 1.54) is 12.1 Å². The summed E-state index contributed by atoms with van der Waals surface area (Å²) in [6, 6.07) is 2.75. The van der Waals surface area contributed by atoms with Crippen molar-refractivity contribution in [3.8, 4) is 5.88 Å². The number of carbonyl (C=O) groups is 1. The number of ether oxygens (including phenoxy) is 2. The third-order valence-electron chi connectivity index (χ3n) is 2.49. The third-order valence-corrected chi connectivity index (χ3v) is 2.49. The Labute approximate surface area is 111 Å². The Morgan fingerprint density at radius 2 is 2.11 bits per heavy atom. The molecule has 0 aromatic carbocycles. The van der Waals surface area contributed by atoms with Crippen LogP contribution in [0.3, 0.4) is 0 Å². The minimum absolute atomic E-state index is 0.120. The fourth-order valence-corrected chi connectivity index (χ4v) is 1.59. The van der Waals surface area contributed by atoms with Crippen LogP contribution in [-0.2, 0) is 4.74 Å². The van der Waals surface area contributed by atoms with Gasteiger partial charge >= 0.3 is 6.09 Å². The molecule has 5 nitrogen and oxygen atoms in total. The summed E-state index contributed by atoms with van der Waals surface area (Å²) in [6.45, 7) is 6.37. The number of nitrogens with zero attached hydrogens (tertiary/aromatic N) is 2. The lowest BCUT2D eigenvalue weighted by molar-refractivity contribution is -0.0232. The van der Waals surface area contributed by atoms with E-state index in [9.17, 15) is 9.18 Å². The van der Waals surface area contributed by atoms with Crippen molar-refractivity contribution in [3.63, 3.8) is 0 Å². The van der Waals surface area contributed by atoms with E-state index in [4.69, 9.17) is 9.47 Å². The third kappa shape index (κ3) is 3.81. The Hall–Kier alpha value is -1.85. The highest BCUT2D eigenvalue weighted by molar-refractivity contribution is 5.69. The van der Waals surface area contributed by atoms with Crippen LogP contribution in [0.25, 0.3) is 0 Å². The highest BCUT2D eigenvalue weighted by Crippen LogP contribution is 2.19. The van der Waals surface area contributed by atoms with Gasteiger partial charge in [0.1, 0.15) is 17.5 Å². The van der Waals surface area contributed by atoms with Crippen molar-refractivity contribution in [2.75, 3.05) is 13.1 Å². The number of hydrogen-bond acceptors (Lipinski definition) is 4. The van der Waals surface area contributed by atoms with Gasteiger partial charge in [0.2, 0.25) is 5.88 Å². The summed E-state index contributed by atoms with van der Waals surface area (Å²) < 4.78 is 23.4. The van der Waals surface area contributed by atoms with Crippen LogP contribution in [0, 0.1) is 5.82 Å². The molecule has 2 heterocycles. The molecule has 1 aromatic rings. The maximum Gasteiger partial charge on any atom is 0.410 e. The Morgan fingerprint density at radius 1 is 1.42 bits per heavy atom. The van der Waals surface area contributed by atoms with Crippen LogP contribution in [0.4, 0.5) is 9.18 Å². The number of aromatic nitrogens is 1. The first-order valence-electron chi connectivity index (χ1n) is 6.09. The predicted octanol–water partition coefficient (Wildman–Crippen LogP) is 2.22. The summed E-state index contributed by atoms with van der Waals surface area (Å²) in [6.07, 6.45) is 0.629. The van der Waals surface area contributed by atoms with E-state index in [2.05, 4.69) is 4.98 Å². The smallest absolute Gasteiger partial charge is 0.410 e. The normalized spacial score (nSPS) is 15.9. The zero-order valence-corrected chi connectivity index (χ0v) is 11.2. The first-order chi connectivity index (χ1) is 8.83. The minimum Gasteiger partial charge on any atom is -0.471 e. The summed E-state index contributed by atoms with van der Waals surface area (Å²) in [5.41, 5.74) is -0.498. The van der Waals surface area contributed by atoms with Crippen LogP contribution in [0.2, 0.25) is 0 Å². The number of amides is 1. The van der Waals surface area contributed by atoms with Gasteiger partial charge in [0, 0.05) is 6.07 Å². The molecule has 2 rings (SSSR count). The Morgan fingerprint density at radius 3 is 2.63 bits per heavy atom. The highest BCUT2D eigenvalue weighted by Gasteiger charge is 2.35. The number of pyridine rings is 1. The molecule has 1 aliphatic heterocycles. The number of carbonyl (C=O) groups excluding carboxylic acids is 1. The molecule has 6 heteroatoms. The van der Waals surface area contributed by atoms with Crippen molar-refractivity contribution in [2.45, 2.75) is 32.5 Å². The van der Waals surface area contributed by atoms with Crippen LogP contribution in [-0.4, -0.2) is 40.8 Å². The van der Waals surface area contributed by atoms with Gasteiger partial charge < -0.3 is 14.4 Å². The summed E-state index contributed by atoms with van der Waals surface area (Å²) in [5, 5.41) is 0. The average Bonchev–Trinajstić information content (AvgIpc) is 2.22. The van der Waals surface area contributed by atoms with Crippen molar-refractivity contribution >= 4 is 6.09 Å². The maximum atomic E-state index is 12.7. The number of hydrogen-bond donors (Lipinski definition) is 0. The molecule has 0 unspecified atom stereocenters. The first kappa shape index (κ1) is 13.6. The molecule has 0 radical (unpaired) electrons. The van der Waals surface area contributed by atoms with Gasteiger partial charge in [0.25, 0.3) is 0 Å². The zero-order valence-electron chi connectivity index (χ0n) is 11.2. The molecule has 0 N–H and O–H groups in total. The van der Waals surface area contributed by atoms with Crippen molar-refractivity contribution in [1.29, 1.82) is 0 Å². The van der Waals surface area contributed by atoms with E-state index in [1.54, 1.807) is 4.90 Å². The maximum absolute atomic E-state index is 12.7. The van der Waals surface area contributed by atoms with Gasteiger partial charge in [0.15, 0.2) is 0 Å². The Kier molecular flexibility index (Phi) is 3.59. The summed E-state index contributed by atoms with van der Waals surface area (Å²) in [5.74, 6) is -0.0495. The summed E-state index contributed by atoms with van der Waals surface area (Å²) >= 11 is 0. The van der Waals surface area contributed by atoms with Gasteiger partial charge in [-0.05, 0) is 26.8 Å².